The lowest BCUT2D eigenvalue weighted by Crippen LogP contribution is -2.15. The Bertz CT molecular complexity index is 705. The minimum atomic E-state index is -0.422. The van der Waals surface area contributed by atoms with Crippen LogP contribution in [0.2, 0.25) is 0 Å². The van der Waals surface area contributed by atoms with E-state index in [-0.39, 0.29) is 6.61 Å². The molecule has 0 saturated heterocycles. The number of nitrogens with one attached hydrogen (secondary N) is 1. The first-order valence-corrected chi connectivity index (χ1v) is 8.33. The largest absolute Gasteiger partial charge is 0.481 e. The van der Waals surface area contributed by atoms with Crippen molar-refractivity contribution >= 4 is 50.4 Å². The summed E-state index contributed by atoms with van der Waals surface area (Å²) in [5, 5.41) is 6.39. The van der Waals surface area contributed by atoms with E-state index in [1.54, 1.807) is 24.6 Å². The van der Waals surface area contributed by atoms with Crippen LogP contribution in [0.1, 0.15) is 12.5 Å². The number of hydrogen-bond donors (Lipinski definition) is 2. The molecule has 7 nitrogen and oxygen atoms in total. The van der Waals surface area contributed by atoms with Crippen LogP contribution in [0.25, 0.3) is 0 Å². The summed E-state index contributed by atoms with van der Waals surface area (Å²) in [4.78, 5) is 15.4. The minimum Gasteiger partial charge on any atom is -0.481 e. The van der Waals surface area contributed by atoms with Gasteiger partial charge in [-0.25, -0.2) is 9.78 Å². The smallest absolute Gasteiger partial charge is 0.344 e. The van der Waals surface area contributed by atoms with Gasteiger partial charge in [-0.2, -0.15) is 5.10 Å². The van der Waals surface area contributed by atoms with E-state index in [0.717, 1.165) is 4.47 Å². The van der Waals surface area contributed by atoms with Crippen LogP contribution in [0.15, 0.2) is 33.2 Å². The highest BCUT2D eigenvalue weighted by molar-refractivity contribution is 9.10. The van der Waals surface area contributed by atoms with Crippen molar-refractivity contribution in [2.45, 2.75) is 6.92 Å². The highest BCUT2D eigenvalue weighted by Crippen LogP contribution is 2.22. The van der Waals surface area contributed by atoms with E-state index in [0.29, 0.717) is 28.9 Å². The molecule has 0 bridgehead atoms. The van der Waals surface area contributed by atoms with Crippen molar-refractivity contribution in [1.29, 1.82) is 0 Å². The number of anilines is 2. The van der Waals surface area contributed by atoms with Gasteiger partial charge in [-0.3, -0.25) is 5.43 Å². The molecule has 0 saturated carbocycles. The van der Waals surface area contributed by atoms with Crippen LogP contribution in [0.3, 0.4) is 0 Å². The van der Waals surface area contributed by atoms with Crippen molar-refractivity contribution in [3.8, 4) is 5.75 Å². The molecule has 0 aliphatic heterocycles. The Morgan fingerprint density at radius 2 is 2.39 bits per heavy atom. The number of thiazole rings is 1. The predicted octanol–water partition coefficient (Wildman–Crippen LogP) is 2.88. The maximum atomic E-state index is 11.4. The lowest BCUT2D eigenvalue weighted by atomic mass is 10.2. The number of nitrogen functional groups attached to an aromatic ring is 1. The molecule has 0 aliphatic carbocycles. The number of hydrogen-bond acceptors (Lipinski definition) is 8. The van der Waals surface area contributed by atoms with Crippen LogP contribution in [0.4, 0.5) is 10.9 Å². The second-order valence-corrected chi connectivity index (χ2v) is 6.00. The Morgan fingerprint density at radius 1 is 1.57 bits per heavy atom. The molecule has 0 aliphatic rings. The Morgan fingerprint density at radius 3 is 3.09 bits per heavy atom. The number of aromatic nitrogens is 1. The molecule has 0 amide bonds. The molecular weight excluding hydrogens is 384 g/mol. The van der Waals surface area contributed by atoms with E-state index in [9.17, 15) is 4.79 Å². The van der Waals surface area contributed by atoms with Gasteiger partial charge in [0.05, 0.1) is 12.8 Å². The molecule has 0 spiro atoms. The highest BCUT2D eigenvalue weighted by atomic mass is 79.9. The number of nitrogens with zero attached hydrogens (tertiary/aromatic N) is 2. The fourth-order valence-corrected chi connectivity index (χ4v) is 2.51. The quantitative estimate of drug-likeness (QED) is 0.422. The lowest BCUT2D eigenvalue weighted by Gasteiger charge is -2.09. The zero-order valence-electron chi connectivity index (χ0n) is 12.3. The molecule has 2 aromatic rings. The van der Waals surface area contributed by atoms with Crippen LogP contribution >= 0.6 is 27.3 Å². The molecule has 1 aromatic heterocycles. The number of esters is 1. The topological polar surface area (TPSA) is 98.8 Å². The number of rotatable bonds is 7. The first-order valence-electron chi connectivity index (χ1n) is 6.66. The van der Waals surface area contributed by atoms with Crippen molar-refractivity contribution in [3.63, 3.8) is 0 Å². The molecular formula is C14H15BrN4O3S. The summed E-state index contributed by atoms with van der Waals surface area (Å²) in [6.45, 7) is 1.90. The second-order valence-electron chi connectivity index (χ2n) is 4.22. The summed E-state index contributed by atoms with van der Waals surface area (Å²) in [5.41, 5.74) is 9.01. The Labute approximate surface area is 145 Å². The molecule has 0 unspecified atom stereocenters. The molecule has 1 heterocycles. The number of nitrogens with two attached hydrogens (primary N) is 1. The van der Waals surface area contributed by atoms with Gasteiger partial charge < -0.3 is 15.2 Å². The number of benzene rings is 1. The number of carbonyl (C=O) groups excluding carboxylic acids is 1. The Kier molecular flexibility index (Phi) is 6.36. The monoisotopic (exact) mass is 398 g/mol. The highest BCUT2D eigenvalue weighted by Gasteiger charge is 2.07. The third kappa shape index (κ3) is 5.53. The average molecular weight is 399 g/mol. The number of hydrazone groups is 1. The van der Waals surface area contributed by atoms with Crippen LogP contribution in [0, 0.1) is 0 Å². The SMILES string of the molecule is CCOC(=O)COc1ccc(Br)cc1C=NNc1nc(N)cs1. The van der Waals surface area contributed by atoms with E-state index in [1.165, 1.54) is 11.3 Å². The molecule has 3 N–H and O–H groups in total. The standard InChI is InChI=1S/C14H15BrN4O3S/c1-2-21-13(20)7-22-11-4-3-10(15)5-9(11)6-17-19-14-18-12(16)8-23-14/h3-6,8H,2,7,16H2,1H3,(H,18,19). The average Bonchev–Trinajstić information content (AvgIpc) is 2.92. The van der Waals surface area contributed by atoms with Gasteiger partial charge in [0.25, 0.3) is 0 Å². The molecule has 0 fully saturated rings. The number of carbonyl (C=O) groups is 1. The van der Waals surface area contributed by atoms with Gasteiger partial charge in [0.1, 0.15) is 11.6 Å². The maximum Gasteiger partial charge on any atom is 0.344 e. The third-order valence-corrected chi connectivity index (χ3v) is 3.77. The van der Waals surface area contributed by atoms with Gasteiger partial charge in [-0.05, 0) is 25.1 Å². The molecule has 0 radical (unpaired) electrons. The maximum absolute atomic E-state index is 11.4. The van der Waals surface area contributed by atoms with E-state index in [2.05, 4.69) is 31.4 Å². The summed E-state index contributed by atoms with van der Waals surface area (Å²) in [6.07, 6.45) is 1.57. The summed E-state index contributed by atoms with van der Waals surface area (Å²) >= 11 is 4.73. The van der Waals surface area contributed by atoms with Crippen molar-refractivity contribution in [3.05, 3.63) is 33.6 Å². The van der Waals surface area contributed by atoms with Gasteiger partial charge in [-0.1, -0.05) is 15.9 Å². The van der Waals surface area contributed by atoms with Gasteiger partial charge in [0, 0.05) is 15.4 Å². The molecule has 1 aromatic carbocycles. The summed E-state index contributed by atoms with van der Waals surface area (Å²) in [7, 11) is 0. The summed E-state index contributed by atoms with van der Waals surface area (Å²) in [6, 6.07) is 5.38. The second kappa shape index (κ2) is 8.49. The van der Waals surface area contributed by atoms with E-state index in [1.807, 2.05) is 12.1 Å². The van der Waals surface area contributed by atoms with Gasteiger partial charge >= 0.3 is 5.97 Å². The van der Waals surface area contributed by atoms with E-state index >= 15 is 0 Å². The summed E-state index contributed by atoms with van der Waals surface area (Å²) < 4.78 is 11.2. The molecule has 9 heteroatoms. The van der Waals surface area contributed by atoms with Gasteiger partial charge in [-0.15, -0.1) is 11.3 Å². The third-order valence-electron chi connectivity index (χ3n) is 2.51. The molecule has 2 rings (SSSR count). The number of halogens is 1. The normalized spacial score (nSPS) is 10.7. The molecule has 0 atom stereocenters. The van der Waals surface area contributed by atoms with Crippen LogP contribution in [0.5, 0.6) is 5.75 Å². The van der Waals surface area contributed by atoms with Gasteiger partial charge in [0.2, 0.25) is 5.13 Å². The van der Waals surface area contributed by atoms with Crippen molar-refractivity contribution < 1.29 is 14.3 Å². The Balaban J connectivity index is 2.04. The fraction of sp³-hybridized carbons (Fsp3) is 0.214. The van der Waals surface area contributed by atoms with Crippen LogP contribution < -0.4 is 15.9 Å². The zero-order valence-corrected chi connectivity index (χ0v) is 14.7. The van der Waals surface area contributed by atoms with Crippen LogP contribution in [-0.4, -0.2) is 30.4 Å². The van der Waals surface area contributed by atoms with Crippen molar-refractivity contribution in [2.24, 2.45) is 5.10 Å². The van der Waals surface area contributed by atoms with Crippen molar-refractivity contribution in [1.82, 2.24) is 4.98 Å². The molecule has 122 valence electrons. The lowest BCUT2D eigenvalue weighted by molar-refractivity contribution is -0.145. The Hall–Kier alpha value is -2.13. The minimum absolute atomic E-state index is 0.160. The van der Waals surface area contributed by atoms with Gasteiger partial charge in [0.15, 0.2) is 6.61 Å². The number of ether oxygens (including phenoxy) is 2. The first kappa shape index (κ1) is 17.2. The van der Waals surface area contributed by atoms with E-state index < -0.39 is 5.97 Å². The molecule has 23 heavy (non-hydrogen) atoms. The fourth-order valence-electron chi connectivity index (χ4n) is 1.59. The first-order chi connectivity index (χ1) is 11.1. The zero-order chi connectivity index (χ0) is 16.7. The van der Waals surface area contributed by atoms with Crippen LogP contribution in [-0.2, 0) is 9.53 Å². The van der Waals surface area contributed by atoms with E-state index in [4.69, 9.17) is 15.2 Å². The van der Waals surface area contributed by atoms with Crippen molar-refractivity contribution in [2.75, 3.05) is 24.4 Å². The summed E-state index contributed by atoms with van der Waals surface area (Å²) in [5.74, 6) is 0.536. The predicted molar refractivity (Wildman–Crippen MR) is 94.0 cm³/mol.